The number of rotatable bonds is 6. The van der Waals surface area contributed by atoms with E-state index in [2.05, 4.69) is 15.3 Å². The monoisotopic (exact) mass is 346 g/mol. The number of amides is 1. The first kappa shape index (κ1) is 16.5. The van der Waals surface area contributed by atoms with E-state index in [1.165, 1.54) is 12.8 Å². The number of anilines is 2. The molecule has 1 fully saturated rings. The second-order valence-corrected chi connectivity index (χ2v) is 6.67. The molecule has 0 saturated heterocycles. The van der Waals surface area contributed by atoms with Gasteiger partial charge in [-0.1, -0.05) is 30.3 Å². The molecule has 2 aromatic carbocycles. The molecule has 5 nitrogen and oxygen atoms in total. The molecule has 1 saturated carbocycles. The van der Waals surface area contributed by atoms with Gasteiger partial charge in [0.1, 0.15) is 5.82 Å². The summed E-state index contributed by atoms with van der Waals surface area (Å²) in [5.74, 6) is 1.90. The maximum atomic E-state index is 13.1. The molecule has 26 heavy (non-hydrogen) atoms. The summed E-state index contributed by atoms with van der Waals surface area (Å²) in [6.07, 6.45) is 4.25. The van der Waals surface area contributed by atoms with Crippen molar-refractivity contribution in [1.82, 2.24) is 9.97 Å². The Bertz CT molecular complexity index is 936. The molecule has 0 bridgehead atoms. The van der Waals surface area contributed by atoms with E-state index in [0.29, 0.717) is 23.9 Å². The summed E-state index contributed by atoms with van der Waals surface area (Å²) in [5, 5.41) is 5.45. The van der Waals surface area contributed by atoms with Crippen LogP contribution in [0.2, 0.25) is 0 Å². The van der Waals surface area contributed by atoms with Gasteiger partial charge in [-0.25, -0.2) is 4.98 Å². The van der Waals surface area contributed by atoms with E-state index in [-0.39, 0.29) is 5.91 Å². The predicted octanol–water partition coefficient (Wildman–Crippen LogP) is 4.12. The second kappa shape index (κ2) is 7.12. The van der Waals surface area contributed by atoms with Gasteiger partial charge in [-0.05, 0) is 54.7 Å². The summed E-state index contributed by atoms with van der Waals surface area (Å²) >= 11 is 0. The molecule has 0 radical (unpaired) electrons. The van der Waals surface area contributed by atoms with Crippen LogP contribution in [-0.4, -0.2) is 29.0 Å². The van der Waals surface area contributed by atoms with Crippen LogP contribution in [0.5, 0.6) is 0 Å². The quantitative estimate of drug-likeness (QED) is 0.729. The molecule has 1 aliphatic rings. The van der Waals surface area contributed by atoms with Crippen LogP contribution in [0.25, 0.3) is 10.8 Å². The van der Waals surface area contributed by atoms with Crippen molar-refractivity contribution >= 4 is 28.4 Å². The van der Waals surface area contributed by atoms with Crippen LogP contribution in [0.15, 0.2) is 54.7 Å². The van der Waals surface area contributed by atoms with Gasteiger partial charge in [-0.3, -0.25) is 9.69 Å². The van der Waals surface area contributed by atoms with Crippen LogP contribution in [0, 0.1) is 5.92 Å². The number of hydrogen-bond acceptors (Lipinski definition) is 4. The molecule has 1 aromatic heterocycles. The van der Waals surface area contributed by atoms with E-state index in [9.17, 15) is 4.79 Å². The van der Waals surface area contributed by atoms with Crippen molar-refractivity contribution in [2.45, 2.75) is 19.8 Å². The molecule has 0 spiro atoms. The zero-order valence-electron chi connectivity index (χ0n) is 14.9. The minimum Gasteiger partial charge on any atom is -0.354 e. The first-order chi connectivity index (χ1) is 12.7. The Morgan fingerprint density at radius 3 is 2.73 bits per heavy atom. The average Bonchev–Trinajstić information content (AvgIpc) is 3.51. The molecule has 3 aromatic rings. The van der Waals surface area contributed by atoms with Crippen molar-refractivity contribution in [3.8, 4) is 0 Å². The Hall–Kier alpha value is -2.95. The molecule has 132 valence electrons. The largest absolute Gasteiger partial charge is 0.354 e. The van der Waals surface area contributed by atoms with Crippen molar-refractivity contribution in [2.24, 2.45) is 5.92 Å². The van der Waals surface area contributed by atoms with Gasteiger partial charge >= 0.3 is 0 Å². The normalized spacial score (nSPS) is 13.6. The first-order valence-corrected chi connectivity index (χ1v) is 9.12. The zero-order chi connectivity index (χ0) is 17.9. The molecule has 1 heterocycles. The van der Waals surface area contributed by atoms with Crippen LogP contribution in [0.4, 0.5) is 11.8 Å². The van der Waals surface area contributed by atoms with E-state index in [1.807, 2.05) is 49.4 Å². The van der Waals surface area contributed by atoms with Gasteiger partial charge in [0.2, 0.25) is 5.95 Å². The zero-order valence-corrected chi connectivity index (χ0v) is 14.9. The molecular formula is C21H22N4O. The highest BCUT2D eigenvalue weighted by molar-refractivity contribution is 6.07. The number of benzene rings is 2. The fourth-order valence-electron chi connectivity index (χ4n) is 3.03. The standard InChI is InChI=1S/C21H22N4O/c1-2-25(19-11-12-22-21(24-19)23-14-15-7-8-15)20(26)18-10-9-16-5-3-4-6-17(16)13-18/h3-6,9-13,15H,2,7-8,14H2,1H3,(H,22,23,24). The van der Waals surface area contributed by atoms with Crippen LogP contribution in [0.1, 0.15) is 30.1 Å². The Kier molecular flexibility index (Phi) is 4.52. The molecule has 1 N–H and O–H groups in total. The molecule has 1 aliphatic carbocycles. The summed E-state index contributed by atoms with van der Waals surface area (Å²) in [6.45, 7) is 3.40. The highest BCUT2D eigenvalue weighted by atomic mass is 16.2. The van der Waals surface area contributed by atoms with Crippen molar-refractivity contribution < 1.29 is 4.79 Å². The maximum Gasteiger partial charge on any atom is 0.259 e. The van der Waals surface area contributed by atoms with Crippen LogP contribution in [0.3, 0.4) is 0 Å². The van der Waals surface area contributed by atoms with Crippen molar-refractivity contribution in [3.05, 3.63) is 60.3 Å². The Balaban J connectivity index is 1.58. The Morgan fingerprint density at radius 2 is 1.96 bits per heavy atom. The van der Waals surface area contributed by atoms with Gasteiger partial charge in [-0.15, -0.1) is 0 Å². The third-order valence-corrected chi connectivity index (χ3v) is 4.72. The lowest BCUT2D eigenvalue weighted by molar-refractivity contribution is 0.0987. The average molecular weight is 346 g/mol. The molecule has 4 rings (SSSR count). The molecule has 5 heteroatoms. The SMILES string of the molecule is CCN(C(=O)c1ccc2ccccc2c1)c1ccnc(NCC2CC2)n1. The summed E-state index contributed by atoms with van der Waals surface area (Å²) in [7, 11) is 0. The lowest BCUT2D eigenvalue weighted by atomic mass is 10.1. The molecule has 1 amide bonds. The first-order valence-electron chi connectivity index (χ1n) is 9.12. The maximum absolute atomic E-state index is 13.1. The molecule has 0 aliphatic heterocycles. The Morgan fingerprint density at radius 1 is 1.15 bits per heavy atom. The second-order valence-electron chi connectivity index (χ2n) is 6.67. The number of carbonyl (C=O) groups excluding carboxylic acids is 1. The summed E-state index contributed by atoms with van der Waals surface area (Å²) in [5.41, 5.74) is 0.664. The van der Waals surface area contributed by atoms with Crippen molar-refractivity contribution in [1.29, 1.82) is 0 Å². The fraction of sp³-hybridized carbons (Fsp3) is 0.286. The Labute approximate surface area is 153 Å². The number of hydrogen-bond donors (Lipinski definition) is 1. The number of fused-ring (bicyclic) bond motifs is 1. The smallest absolute Gasteiger partial charge is 0.259 e. The summed E-state index contributed by atoms with van der Waals surface area (Å²) in [4.78, 5) is 23.5. The fourth-order valence-corrected chi connectivity index (χ4v) is 3.03. The number of nitrogens with one attached hydrogen (secondary N) is 1. The predicted molar refractivity (Wildman–Crippen MR) is 105 cm³/mol. The number of carbonyl (C=O) groups is 1. The molecular weight excluding hydrogens is 324 g/mol. The van der Waals surface area contributed by atoms with Gasteiger partial charge in [-0.2, -0.15) is 4.98 Å². The lowest BCUT2D eigenvalue weighted by Crippen LogP contribution is -2.31. The highest BCUT2D eigenvalue weighted by Crippen LogP contribution is 2.28. The minimum atomic E-state index is -0.0508. The van der Waals surface area contributed by atoms with Crippen LogP contribution in [-0.2, 0) is 0 Å². The van der Waals surface area contributed by atoms with Gasteiger partial charge in [0.25, 0.3) is 5.91 Å². The van der Waals surface area contributed by atoms with Crippen LogP contribution >= 0.6 is 0 Å². The summed E-state index contributed by atoms with van der Waals surface area (Å²) in [6, 6.07) is 15.6. The number of aromatic nitrogens is 2. The van der Waals surface area contributed by atoms with Crippen molar-refractivity contribution in [3.63, 3.8) is 0 Å². The van der Waals surface area contributed by atoms with E-state index in [0.717, 1.165) is 23.2 Å². The minimum absolute atomic E-state index is 0.0508. The van der Waals surface area contributed by atoms with E-state index in [1.54, 1.807) is 17.2 Å². The number of nitrogens with zero attached hydrogens (tertiary/aromatic N) is 3. The lowest BCUT2D eigenvalue weighted by Gasteiger charge is -2.20. The third-order valence-electron chi connectivity index (χ3n) is 4.72. The van der Waals surface area contributed by atoms with Gasteiger partial charge in [0.15, 0.2) is 0 Å². The van der Waals surface area contributed by atoms with Crippen LogP contribution < -0.4 is 10.2 Å². The summed E-state index contributed by atoms with van der Waals surface area (Å²) < 4.78 is 0. The van der Waals surface area contributed by atoms with Gasteiger partial charge in [0.05, 0.1) is 0 Å². The van der Waals surface area contributed by atoms with Gasteiger partial charge in [0, 0.05) is 24.8 Å². The third kappa shape index (κ3) is 3.52. The topological polar surface area (TPSA) is 58.1 Å². The van der Waals surface area contributed by atoms with E-state index >= 15 is 0 Å². The highest BCUT2D eigenvalue weighted by Gasteiger charge is 2.22. The van der Waals surface area contributed by atoms with Gasteiger partial charge < -0.3 is 5.32 Å². The van der Waals surface area contributed by atoms with Crippen molar-refractivity contribution in [2.75, 3.05) is 23.3 Å². The van der Waals surface area contributed by atoms with E-state index < -0.39 is 0 Å². The van der Waals surface area contributed by atoms with E-state index in [4.69, 9.17) is 0 Å². The molecule has 0 atom stereocenters. The molecule has 0 unspecified atom stereocenters.